The summed E-state index contributed by atoms with van der Waals surface area (Å²) >= 11 is 0. The number of amides is 1. The second-order valence-electron chi connectivity index (χ2n) is 6.02. The summed E-state index contributed by atoms with van der Waals surface area (Å²) in [4.78, 5) is 27.1. The average molecular weight is 388 g/mol. The summed E-state index contributed by atoms with van der Waals surface area (Å²) in [5, 5.41) is 13.4. The molecule has 140 valence electrons. The molecule has 0 fully saturated rings. The molecule has 0 radical (unpaired) electrons. The van der Waals surface area contributed by atoms with Crippen molar-refractivity contribution in [1.29, 1.82) is 0 Å². The molecule has 27 heavy (non-hydrogen) atoms. The number of benzene rings is 1. The summed E-state index contributed by atoms with van der Waals surface area (Å²) in [6.07, 6.45) is 2.53. The van der Waals surface area contributed by atoms with E-state index in [0.29, 0.717) is 11.1 Å². The minimum absolute atomic E-state index is 0.0340. The molecule has 0 bridgehead atoms. The van der Waals surface area contributed by atoms with Crippen LogP contribution in [0.1, 0.15) is 29.0 Å². The van der Waals surface area contributed by atoms with Gasteiger partial charge < -0.3 is 5.32 Å². The normalized spacial score (nSPS) is 12.7. The number of imidazole rings is 1. The van der Waals surface area contributed by atoms with Crippen molar-refractivity contribution < 1.29 is 18.1 Å². The minimum atomic E-state index is -3.64. The lowest BCUT2D eigenvalue weighted by molar-refractivity contribution is -0.384. The Labute approximate surface area is 154 Å². The number of nitrogens with zero attached hydrogens (tertiary/aromatic N) is 3. The van der Waals surface area contributed by atoms with Crippen molar-refractivity contribution in [3.63, 3.8) is 0 Å². The SMILES string of the molecule is CC(NC(=O)c1nc(S(C)(=O)=O)n2ccccc12)c1cccc([N+](=O)[O-])c1. The zero-order chi connectivity index (χ0) is 19.8. The maximum Gasteiger partial charge on any atom is 0.272 e. The smallest absolute Gasteiger partial charge is 0.272 e. The Kier molecular flexibility index (Phi) is 4.66. The first-order valence-corrected chi connectivity index (χ1v) is 9.80. The first-order valence-electron chi connectivity index (χ1n) is 7.91. The number of non-ortho nitro benzene ring substituents is 1. The third-order valence-corrected chi connectivity index (χ3v) is 4.94. The fourth-order valence-corrected chi connectivity index (χ4v) is 3.47. The number of hydrogen-bond donors (Lipinski definition) is 1. The summed E-state index contributed by atoms with van der Waals surface area (Å²) < 4.78 is 25.2. The molecule has 3 aromatic rings. The largest absolute Gasteiger partial charge is 0.344 e. The highest BCUT2D eigenvalue weighted by Crippen LogP contribution is 2.21. The predicted molar refractivity (Wildman–Crippen MR) is 97.3 cm³/mol. The average Bonchev–Trinajstić information content (AvgIpc) is 3.02. The molecule has 1 unspecified atom stereocenters. The van der Waals surface area contributed by atoms with E-state index >= 15 is 0 Å². The second-order valence-corrected chi connectivity index (χ2v) is 7.93. The Morgan fingerprint density at radius 1 is 1.26 bits per heavy atom. The number of pyridine rings is 1. The Balaban J connectivity index is 1.95. The van der Waals surface area contributed by atoms with Gasteiger partial charge in [-0.3, -0.25) is 19.3 Å². The lowest BCUT2D eigenvalue weighted by Gasteiger charge is -2.13. The van der Waals surface area contributed by atoms with Crippen LogP contribution in [-0.2, 0) is 9.84 Å². The zero-order valence-electron chi connectivity index (χ0n) is 14.5. The fraction of sp³-hybridized carbons (Fsp3) is 0.176. The van der Waals surface area contributed by atoms with Gasteiger partial charge in [0.2, 0.25) is 15.0 Å². The van der Waals surface area contributed by atoms with Crippen molar-refractivity contribution in [2.75, 3.05) is 6.26 Å². The monoisotopic (exact) mass is 388 g/mol. The van der Waals surface area contributed by atoms with E-state index in [0.717, 1.165) is 6.26 Å². The van der Waals surface area contributed by atoms with Crippen LogP contribution in [0.5, 0.6) is 0 Å². The van der Waals surface area contributed by atoms with Gasteiger partial charge in [-0.2, -0.15) is 0 Å². The van der Waals surface area contributed by atoms with E-state index in [-0.39, 0.29) is 16.5 Å². The fourth-order valence-electron chi connectivity index (χ4n) is 2.69. The predicted octanol–water partition coefficient (Wildman–Crippen LogP) is 2.14. The first kappa shape index (κ1) is 18.5. The summed E-state index contributed by atoms with van der Waals surface area (Å²) in [5.41, 5.74) is 0.778. The molecule has 9 nitrogen and oxygen atoms in total. The molecular formula is C17H16N4O5S. The molecule has 0 saturated carbocycles. The maximum atomic E-state index is 12.7. The molecule has 3 rings (SSSR count). The van der Waals surface area contributed by atoms with Gasteiger partial charge in [0, 0.05) is 24.6 Å². The highest BCUT2D eigenvalue weighted by atomic mass is 32.2. The number of carbonyl (C=O) groups excluding carboxylic acids is 1. The van der Waals surface area contributed by atoms with Crippen LogP contribution in [0.4, 0.5) is 5.69 Å². The molecule has 1 amide bonds. The quantitative estimate of drug-likeness (QED) is 0.527. The van der Waals surface area contributed by atoms with Gasteiger partial charge in [-0.1, -0.05) is 18.2 Å². The summed E-state index contributed by atoms with van der Waals surface area (Å²) in [5.74, 6) is -0.576. The van der Waals surface area contributed by atoms with Crippen LogP contribution in [-0.4, -0.2) is 34.9 Å². The van der Waals surface area contributed by atoms with Gasteiger partial charge in [-0.05, 0) is 24.6 Å². The number of rotatable bonds is 5. The summed E-state index contributed by atoms with van der Waals surface area (Å²) in [6.45, 7) is 1.67. The molecule has 0 saturated heterocycles. The van der Waals surface area contributed by atoms with Crippen LogP contribution < -0.4 is 5.32 Å². The minimum Gasteiger partial charge on any atom is -0.344 e. The number of sulfone groups is 1. The van der Waals surface area contributed by atoms with Crippen LogP contribution in [0.2, 0.25) is 0 Å². The highest BCUT2D eigenvalue weighted by molar-refractivity contribution is 7.90. The van der Waals surface area contributed by atoms with E-state index in [4.69, 9.17) is 0 Å². The van der Waals surface area contributed by atoms with Crippen molar-refractivity contribution in [3.8, 4) is 0 Å². The van der Waals surface area contributed by atoms with Gasteiger partial charge in [0.05, 0.1) is 16.5 Å². The van der Waals surface area contributed by atoms with Gasteiger partial charge in [-0.25, -0.2) is 13.4 Å². The summed E-state index contributed by atoms with van der Waals surface area (Å²) in [6, 6.07) is 10.3. The standard InChI is InChI=1S/C17H16N4O5S/c1-11(12-6-5-7-13(10-12)21(23)24)18-16(22)15-14-8-3-4-9-20(14)17(19-15)27(2,25)26/h3-11H,1-2H3,(H,18,22). The van der Waals surface area contributed by atoms with Gasteiger partial charge in [0.15, 0.2) is 5.69 Å². The van der Waals surface area contributed by atoms with Crippen molar-refractivity contribution in [3.05, 3.63) is 70.0 Å². The Morgan fingerprint density at radius 3 is 2.67 bits per heavy atom. The van der Waals surface area contributed by atoms with Gasteiger partial charge in [0.25, 0.3) is 11.6 Å². The third-order valence-electron chi connectivity index (χ3n) is 3.99. The molecule has 0 aliphatic heterocycles. The van der Waals surface area contributed by atoms with E-state index in [1.54, 1.807) is 31.2 Å². The molecule has 1 atom stereocenters. The molecule has 0 spiro atoms. The molecule has 2 aromatic heterocycles. The van der Waals surface area contributed by atoms with Gasteiger partial charge >= 0.3 is 0 Å². The van der Waals surface area contributed by atoms with E-state index in [1.165, 1.54) is 28.8 Å². The van der Waals surface area contributed by atoms with Crippen molar-refractivity contribution in [1.82, 2.24) is 14.7 Å². The first-order chi connectivity index (χ1) is 12.7. The van der Waals surface area contributed by atoms with Crippen LogP contribution in [0.25, 0.3) is 5.52 Å². The second kappa shape index (κ2) is 6.80. The number of nitro groups is 1. The molecule has 10 heteroatoms. The molecule has 0 aliphatic carbocycles. The molecule has 0 aliphatic rings. The van der Waals surface area contributed by atoms with E-state index in [9.17, 15) is 23.3 Å². The van der Waals surface area contributed by atoms with Gasteiger partial charge in [0.1, 0.15) is 0 Å². The van der Waals surface area contributed by atoms with E-state index < -0.39 is 26.7 Å². The van der Waals surface area contributed by atoms with Crippen molar-refractivity contribution in [2.45, 2.75) is 18.1 Å². The summed E-state index contributed by atoms with van der Waals surface area (Å²) in [7, 11) is -3.64. The van der Waals surface area contributed by atoms with Crippen LogP contribution >= 0.6 is 0 Å². The highest BCUT2D eigenvalue weighted by Gasteiger charge is 2.24. The van der Waals surface area contributed by atoms with Crippen LogP contribution in [0, 0.1) is 10.1 Å². The molecule has 2 heterocycles. The number of aromatic nitrogens is 2. The number of nitrogens with one attached hydrogen (secondary N) is 1. The molecule has 1 N–H and O–H groups in total. The van der Waals surface area contributed by atoms with E-state index in [2.05, 4.69) is 10.3 Å². The Hall–Kier alpha value is -3.27. The number of hydrogen-bond acceptors (Lipinski definition) is 6. The van der Waals surface area contributed by atoms with E-state index in [1.807, 2.05) is 0 Å². The van der Waals surface area contributed by atoms with Crippen LogP contribution in [0.15, 0.2) is 53.8 Å². The number of nitro benzene ring substituents is 1. The van der Waals surface area contributed by atoms with Crippen LogP contribution in [0.3, 0.4) is 0 Å². The topological polar surface area (TPSA) is 124 Å². The lowest BCUT2D eigenvalue weighted by atomic mass is 10.1. The van der Waals surface area contributed by atoms with Crippen molar-refractivity contribution >= 4 is 26.9 Å². The lowest BCUT2D eigenvalue weighted by Crippen LogP contribution is -2.27. The van der Waals surface area contributed by atoms with Gasteiger partial charge in [-0.15, -0.1) is 0 Å². The Bertz CT molecular complexity index is 1150. The maximum absolute atomic E-state index is 12.7. The molecular weight excluding hydrogens is 372 g/mol. The van der Waals surface area contributed by atoms with Crippen molar-refractivity contribution in [2.24, 2.45) is 0 Å². The molecule has 1 aromatic carbocycles. The number of fused-ring (bicyclic) bond motifs is 1. The third kappa shape index (κ3) is 3.65. The Morgan fingerprint density at radius 2 is 2.00 bits per heavy atom. The zero-order valence-corrected chi connectivity index (χ0v) is 15.3. The number of carbonyl (C=O) groups is 1.